The number of sulfonamides is 1. The van der Waals surface area contributed by atoms with E-state index in [-0.39, 0.29) is 29.8 Å². The van der Waals surface area contributed by atoms with Crippen molar-refractivity contribution in [3.8, 4) is 22.9 Å². The number of benzene rings is 1. The minimum atomic E-state index is -3.87. The summed E-state index contributed by atoms with van der Waals surface area (Å²) in [6.45, 7) is 0.414. The van der Waals surface area contributed by atoms with E-state index in [1.54, 1.807) is 43.4 Å². The third kappa shape index (κ3) is 4.57. The fraction of sp³-hybridized carbons (Fsp3) is 0.440. The maximum absolute atomic E-state index is 13.5. The second-order valence-electron chi connectivity index (χ2n) is 9.59. The molecule has 1 unspecified atom stereocenters. The summed E-state index contributed by atoms with van der Waals surface area (Å²) < 4.78 is 67.8. The molecule has 0 N–H and O–H groups in total. The minimum Gasteiger partial charge on any atom is -0.497 e. The number of pyridine rings is 1. The Morgan fingerprint density at radius 1 is 1.17 bits per heavy atom. The zero-order valence-corrected chi connectivity index (χ0v) is 21.1. The molecule has 3 atom stereocenters. The zero-order chi connectivity index (χ0) is 25.7. The Balaban J connectivity index is 1.36. The number of halogens is 2. The zero-order valence-electron chi connectivity index (χ0n) is 20.3. The van der Waals surface area contributed by atoms with Gasteiger partial charge in [0.05, 0.1) is 37.5 Å². The van der Waals surface area contributed by atoms with E-state index >= 15 is 0 Å². The Morgan fingerprint density at radius 3 is 2.47 bits per heavy atom. The second-order valence-corrected chi connectivity index (χ2v) is 11.6. The number of fused-ring (bicyclic) bond motifs is 1. The van der Waals surface area contributed by atoms with E-state index in [9.17, 15) is 17.2 Å². The van der Waals surface area contributed by atoms with Gasteiger partial charge in [0.25, 0.3) is 5.92 Å². The molecule has 5 rings (SSSR count). The topological polar surface area (TPSA) is 86.5 Å². The van der Waals surface area contributed by atoms with Crippen LogP contribution in [0.15, 0.2) is 53.9 Å². The Morgan fingerprint density at radius 2 is 1.86 bits per heavy atom. The molecule has 192 valence electrons. The van der Waals surface area contributed by atoms with Gasteiger partial charge in [0.2, 0.25) is 15.9 Å². The van der Waals surface area contributed by atoms with Crippen LogP contribution in [0.2, 0.25) is 0 Å². The van der Waals surface area contributed by atoms with Crippen LogP contribution >= 0.6 is 0 Å². The van der Waals surface area contributed by atoms with E-state index in [0.29, 0.717) is 29.8 Å². The van der Waals surface area contributed by atoms with E-state index in [4.69, 9.17) is 9.47 Å². The highest BCUT2D eigenvalue weighted by atomic mass is 32.2. The van der Waals surface area contributed by atoms with Gasteiger partial charge in [-0.2, -0.15) is 4.31 Å². The predicted octanol–water partition coefficient (Wildman–Crippen LogP) is 3.98. The van der Waals surface area contributed by atoms with Gasteiger partial charge in [0.1, 0.15) is 10.6 Å². The fourth-order valence-electron chi connectivity index (χ4n) is 4.93. The molecule has 0 spiro atoms. The van der Waals surface area contributed by atoms with Crippen LogP contribution in [0.1, 0.15) is 18.4 Å². The Hall–Kier alpha value is -3.05. The van der Waals surface area contributed by atoms with Gasteiger partial charge in [0, 0.05) is 38.7 Å². The van der Waals surface area contributed by atoms with E-state index in [1.165, 1.54) is 23.6 Å². The molecule has 0 aliphatic heterocycles. The largest absolute Gasteiger partial charge is 0.497 e. The van der Waals surface area contributed by atoms with Crippen LogP contribution in [0, 0.1) is 17.8 Å². The minimum absolute atomic E-state index is 0.00766. The summed E-state index contributed by atoms with van der Waals surface area (Å²) in [6.07, 6.45) is 5.47. The monoisotopic (exact) mass is 518 g/mol. The number of ether oxygens (including phenoxy) is 2. The van der Waals surface area contributed by atoms with Crippen molar-refractivity contribution in [2.75, 3.05) is 20.8 Å². The summed E-state index contributed by atoms with van der Waals surface area (Å²) in [6, 6.07) is 8.67. The van der Waals surface area contributed by atoms with E-state index in [1.807, 2.05) is 12.1 Å². The van der Waals surface area contributed by atoms with Gasteiger partial charge in [-0.25, -0.2) is 27.2 Å². The average molecular weight is 519 g/mol. The molecule has 2 aromatic heterocycles. The summed E-state index contributed by atoms with van der Waals surface area (Å²) >= 11 is 0. The van der Waals surface area contributed by atoms with Crippen LogP contribution in [-0.2, 0) is 23.6 Å². The molecule has 2 aliphatic rings. The SMILES string of the molecule is COc1ccc(CN(C)S(=O)(=O)c2cnc(OCC3C[C@@H]4[C@H](C3)C4(F)F)c(-c3cn(C)cn3)c2)cc1. The average Bonchev–Trinajstić information content (AvgIpc) is 3.27. The lowest BCUT2D eigenvalue weighted by Gasteiger charge is -2.19. The smallest absolute Gasteiger partial charge is 0.254 e. The summed E-state index contributed by atoms with van der Waals surface area (Å²) in [5, 5.41) is 0. The van der Waals surface area contributed by atoms with Gasteiger partial charge in [-0.15, -0.1) is 0 Å². The number of rotatable bonds is 9. The number of hydrogen-bond donors (Lipinski definition) is 0. The lowest BCUT2D eigenvalue weighted by Crippen LogP contribution is -2.26. The molecule has 0 saturated heterocycles. The lowest BCUT2D eigenvalue weighted by atomic mass is 10.0. The van der Waals surface area contributed by atoms with Crippen LogP contribution < -0.4 is 9.47 Å². The summed E-state index contributed by atoms with van der Waals surface area (Å²) in [5.74, 6) is -2.66. The highest BCUT2D eigenvalue weighted by molar-refractivity contribution is 7.89. The molecule has 1 aromatic carbocycles. The van der Waals surface area contributed by atoms with E-state index in [0.717, 1.165) is 5.56 Å². The molecule has 11 heteroatoms. The number of aryl methyl sites for hydroxylation is 1. The van der Waals surface area contributed by atoms with Gasteiger partial charge in [-0.05, 0) is 42.5 Å². The molecule has 3 aromatic rings. The quantitative estimate of drug-likeness (QED) is 0.426. The van der Waals surface area contributed by atoms with Crippen molar-refractivity contribution in [2.45, 2.75) is 30.2 Å². The molecule has 0 bridgehead atoms. The number of imidazole rings is 1. The lowest BCUT2D eigenvalue weighted by molar-refractivity contribution is 0.0578. The number of alkyl halides is 2. The van der Waals surface area contributed by atoms with Gasteiger partial charge < -0.3 is 14.0 Å². The molecule has 0 amide bonds. The predicted molar refractivity (Wildman–Crippen MR) is 128 cm³/mol. The molecule has 8 nitrogen and oxygen atoms in total. The van der Waals surface area contributed by atoms with Crippen molar-refractivity contribution < 1.29 is 26.7 Å². The number of hydrogen-bond acceptors (Lipinski definition) is 6. The first-order valence-corrected chi connectivity index (χ1v) is 13.1. The first-order chi connectivity index (χ1) is 17.1. The van der Waals surface area contributed by atoms with Gasteiger partial charge in [0.15, 0.2) is 0 Å². The molecule has 36 heavy (non-hydrogen) atoms. The third-order valence-electron chi connectivity index (χ3n) is 7.07. The fourth-order valence-corrected chi connectivity index (χ4v) is 6.06. The maximum atomic E-state index is 13.5. The highest BCUT2D eigenvalue weighted by Gasteiger charge is 2.71. The maximum Gasteiger partial charge on any atom is 0.254 e. The highest BCUT2D eigenvalue weighted by Crippen LogP contribution is 2.65. The molecule has 2 aliphatic carbocycles. The molecule has 0 radical (unpaired) electrons. The first-order valence-electron chi connectivity index (χ1n) is 11.7. The van der Waals surface area contributed by atoms with Crippen molar-refractivity contribution in [2.24, 2.45) is 24.8 Å². The first kappa shape index (κ1) is 24.6. The molecular weight excluding hydrogens is 490 g/mol. The number of methoxy groups -OCH3 is 1. The van der Waals surface area contributed by atoms with Crippen molar-refractivity contribution in [3.63, 3.8) is 0 Å². The van der Waals surface area contributed by atoms with Crippen molar-refractivity contribution in [1.82, 2.24) is 18.8 Å². The summed E-state index contributed by atoms with van der Waals surface area (Å²) in [4.78, 5) is 8.67. The van der Waals surface area contributed by atoms with Gasteiger partial charge in [-0.1, -0.05) is 12.1 Å². The normalized spacial score (nSPS) is 22.4. The molecule has 2 fully saturated rings. The molecular formula is C25H28F2N4O4S. The third-order valence-corrected chi connectivity index (χ3v) is 8.84. The van der Waals surface area contributed by atoms with E-state index in [2.05, 4.69) is 9.97 Å². The van der Waals surface area contributed by atoms with Gasteiger partial charge in [-0.3, -0.25) is 0 Å². The Bertz CT molecular complexity index is 1350. The van der Waals surface area contributed by atoms with Crippen molar-refractivity contribution in [3.05, 3.63) is 54.6 Å². The van der Waals surface area contributed by atoms with E-state index < -0.39 is 27.8 Å². The molecule has 2 heterocycles. The van der Waals surface area contributed by atoms with Crippen LogP contribution in [-0.4, -0.2) is 53.9 Å². The summed E-state index contributed by atoms with van der Waals surface area (Å²) in [7, 11) is 1.01. The van der Waals surface area contributed by atoms with Crippen LogP contribution in [0.25, 0.3) is 11.3 Å². The Labute approximate surface area is 208 Å². The number of nitrogens with zero attached hydrogens (tertiary/aromatic N) is 4. The van der Waals surface area contributed by atoms with Crippen LogP contribution in [0.5, 0.6) is 11.6 Å². The van der Waals surface area contributed by atoms with Crippen molar-refractivity contribution >= 4 is 10.0 Å². The van der Waals surface area contributed by atoms with Crippen LogP contribution in [0.4, 0.5) is 8.78 Å². The standard InChI is InChI=1S/C25H28F2N4O4S/c1-30-13-23(29-15-30)20-10-19(36(32,33)31(2)12-16-4-6-18(34-3)7-5-16)11-28-24(20)35-14-17-8-21-22(9-17)25(21,26)27/h4-7,10-11,13,15,17,21-22H,8-9,12,14H2,1-3H3/t17?,21-,22+. The van der Waals surface area contributed by atoms with Gasteiger partial charge >= 0.3 is 0 Å². The second kappa shape index (κ2) is 9.11. The molecule has 2 saturated carbocycles. The van der Waals surface area contributed by atoms with Crippen LogP contribution in [0.3, 0.4) is 0 Å². The summed E-state index contributed by atoms with van der Waals surface area (Å²) in [5.41, 5.74) is 1.75. The Kier molecular flexibility index (Phi) is 6.24. The van der Waals surface area contributed by atoms with Crippen molar-refractivity contribution in [1.29, 1.82) is 0 Å². The number of aromatic nitrogens is 3.